The van der Waals surface area contributed by atoms with E-state index in [-0.39, 0.29) is 75.4 Å². The SMILES string of the molecule is COCCOCCOCCOCCC(=O)NCCNC(=O)c1cnc(C(=O)NCCNC(=O)CCOCCOCCOCCOC)cn1. The van der Waals surface area contributed by atoms with Crippen molar-refractivity contribution in [1.82, 2.24) is 31.2 Å². The quantitative estimate of drug-likeness (QED) is 0.0624. The van der Waals surface area contributed by atoms with Crippen LogP contribution in [0.2, 0.25) is 0 Å². The highest BCUT2D eigenvalue weighted by Crippen LogP contribution is 1.96. The Morgan fingerprint density at radius 1 is 0.458 bits per heavy atom. The average molecular weight is 689 g/mol. The molecule has 48 heavy (non-hydrogen) atoms. The molecule has 0 radical (unpaired) electrons. The molecule has 0 aliphatic carbocycles. The number of methoxy groups -OCH3 is 2. The van der Waals surface area contributed by atoms with Crippen LogP contribution in [0.15, 0.2) is 12.4 Å². The fourth-order valence-electron chi connectivity index (χ4n) is 3.37. The van der Waals surface area contributed by atoms with Gasteiger partial charge in [-0.2, -0.15) is 0 Å². The number of rotatable bonds is 32. The van der Waals surface area contributed by atoms with Gasteiger partial charge in [0.25, 0.3) is 11.8 Å². The second-order valence-corrected chi connectivity index (χ2v) is 9.66. The van der Waals surface area contributed by atoms with Crippen molar-refractivity contribution >= 4 is 23.6 Å². The van der Waals surface area contributed by atoms with E-state index in [4.69, 9.17) is 37.9 Å². The second-order valence-electron chi connectivity index (χ2n) is 9.66. The summed E-state index contributed by atoms with van der Waals surface area (Å²) in [6.45, 7) is 6.80. The molecule has 0 saturated heterocycles. The van der Waals surface area contributed by atoms with E-state index in [0.29, 0.717) is 79.3 Å². The minimum absolute atomic E-state index is 0.0167. The second kappa shape index (κ2) is 30.9. The number of aromatic nitrogens is 2. The lowest BCUT2D eigenvalue weighted by atomic mass is 10.3. The summed E-state index contributed by atoms with van der Waals surface area (Å²) >= 11 is 0. The third-order valence-corrected chi connectivity index (χ3v) is 5.88. The van der Waals surface area contributed by atoms with Crippen molar-refractivity contribution in [1.29, 1.82) is 0 Å². The maximum Gasteiger partial charge on any atom is 0.271 e. The first-order valence-electron chi connectivity index (χ1n) is 15.8. The average Bonchev–Trinajstić information content (AvgIpc) is 3.09. The zero-order valence-corrected chi connectivity index (χ0v) is 28.1. The number of nitrogens with one attached hydrogen (secondary N) is 4. The first kappa shape index (κ1) is 42.7. The van der Waals surface area contributed by atoms with Crippen LogP contribution in [0.5, 0.6) is 0 Å². The Morgan fingerprint density at radius 3 is 1.06 bits per heavy atom. The number of carbonyl (C=O) groups excluding carboxylic acids is 4. The van der Waals surface area contributed by atoms with Crippen LogP contribution < -0.4 is 21.3 Å². The van der Waals surface area contributed by atoms with Gasteiger partial charge in [0.05, 0.1) is 105 Å². The van der Waals surface area contributed by atoms with Crippen molar-refractivity contribution in [3.05, 3.63) is 23.8 Å². The molecule has 0 aliphatic rings. The van der Waals surface area contributed by atoms with Gasteiger partial charge in [0, 0.05) is 53.2 Å². The van der Waals surface area contributed by atoms with Gasteiger partial charge in [0.2, 0.25) is 11.8 Å². The van der Waals surface area contributed by atoms with Gasteiger partial charge in [-0.3, -0.25) is 19.2 Å². The summed E-state index contributed by atoms with van der Waals surface area (Å²) in [6.07, 6.45) is 2.72. The van der Waals surface area contributed by atoms with Crippen LogP contribution in [-0.4, -0.2) is 166 Å². The van der Waals surface area contributed by atoms with Crippen molar-refractivity contribution in [2.24, 2.45) is 0 Å². The van der Waals surface area contributed by atoms with Gasteiger partial charge in [-0.05, 0) is 0 Å². The molecule has 0 bridgehead atoms. The highest BCUT2D eigenvalue weighted by Gasteiger charge is 2.12. The molecule has 4 N–H and O–H groups in total. The fraction of sp³-hybridized carbons (Fsp3) is 0.733. The van der Waals surface area contributed by atoms with E-state index < -0.39 is 11.8 Å². The molecular weight excluding hydrogens is 636 g/mol. The largest absolute Gasteiger partial charge is 0.382 e. The molecule has 0 fully saturated rings. The number of hydrogen-bond donors (Lipinski definition) is 4. The van der Waals surface area contributed by atoms with Crippen molar-refractivity contribution in [3.63, 3.8) is 0 Å². The molecule has 1 aromatic heterocycles. The van der Waals surface area contributed by atoms with E-state index in [2.05, 4.69) is 31.2 Å². The molecule has 274 valence electrons. The third kappa shape index (κ3) is 24.8. The van der Waals surface area contributed by atoms with E-state index in [1.165, 1.54) is 12.4 Å². The van der Waals surface area contributed by atoms with E-state index in [1.807, 2.05) is 0 Å². The highest BCUT2D eigenvalue weighted by atomic mass is 16.6. The van der Waals surface area contributed by atoms with Crippen molar-refractivity contribution in [2.45, 2.75) is 12.8 Å². The summed E-state index contributed by atoms with van der Waals surface area (Å²) in [5, 5.41) is 10.6. The van der Waals surface area contributed by atoms with Crippen molar-refractivity contribution < 1.29 is 57.1 Å². The number of hydrogen-bond acceptors (Lipinski definition) is 14. The molecular formula is C30H52N6O12. The van der Waals surface area contributed by atoms with Crippen molar-refractivity contribution in [3.8, 4) is 0 Å². The summed E-state index contributed by atoms with van der Waals surface area (Å²) in [5.41, 5.74) is 0.0334. The standard InChI is InChI=1S/C30H52N6O12/c1-41-11-13-45-19-21-47-17-15-43-9-3-27(37)31-5-7-33-29(39)25-23-36-26(24-35-25)30(40)34-8-6-32-28(38)4-10-44-16-18-48-22-20-46-14-12-42-2/h23-24H,3-22H2,1-2H3,(H,31,37)(H,32,38)(H,33,39)(H,34,40). The molecule has 0 saturated carbocycles. The Bertz CT molecular complexity index is 913. The van der Waals surface area contributed by atoms with E-state index in [9.17, 15) is 19.2 Å². The minimum atomic E-state index is -0.501. The van der Waals surface area contributed by atoms with Crippen LogP contribution in [0.25, 0.3) is 0 Å². The Balaban J connectivity index is 2.03. The molecule has 0 aromatic carbocycles. The lowest BCUT2D eigenvalue weighted by Crippen LogP contribution is -2.36. The van der Waals surface area contributed by atoms with Gasteiger partial charge in [0.1, 0.15) is 11.4 Å². The summed E-state index contributed by atoms with van der Waals surface area (Å²) in [7, 11) is 3.22. The van der Waals surface area contributed by atoms with E-state index in [0.717, 1.165) is 0 Å². The predicted octanol–water partition coefficient (Wildman–Crippen LogP) is -1.66. The molecule has 4 amide bonds. The Labute approximate surface area is 281 Å². The number of ether oxygens (including phenoxy) is 8. The van der Waals surface area contributed by atoms with Crippen LogP contribution in [-0.2, 0) is 47.5 Å². The molecule has 1 heterocycles. The van der Waals surface area contributed by atoms with Gasteiger partial charge >= 0.3 is 0 Å². The van der Waals surface area contributed by atoms with Gasteiger partial charge in [-0.15, -0.1) is 0 Å². The first-order chi connectivity index (χ1) is 23.5. The van der Waals surface area contributed by atoms with Gasteiger partial charge in [-0.25, -0.2) is 9.97 Å². The molecule has 0 spiro atoms. The predicted molar refractivity (Wildman–Crippen MR) is 171 cm³/mol. The lowest BCUT2D eigenvalue weighted by Gasteiger charge is -2.09. The summed E-state index contributed by atoms with van der Waals surface area (Å²) in [6, 6.07) is 0. The van der Waals surface area contributed by atoms with Crippen LogP contribution in [0.3, 0.4) is 0 Å². The summed E-state index contributed by atoms with van der Waals surface area (Å²) in [5.74, 6) is -1.43. The Kier molecular flexibility index (Phi) is 27.5. The maximum atomic E-state index is 12.3. The molecule has 0 atom stereocenters. The molecule has 18 nitrogen and oxygen atoms in total. The van der Waals surface area contributed by atoms with Crippen molar-refractivity contribution in [2.75, 3.05) is 133 Å². The Hall–Kier alpha value is -3.36. The molecule has 1 rings (SSSR count). The zero-order valence-electron chi connectivity index (χ0n) is 28.1. The van der Waals surface area contributed by atoms with Crippen LogP contribution >= 0.6 is 0 Å². The smallest absolute Gasteiger partial charge is 0.271 e. The third-order valence-electron chi connectivity index (χ3n) is 5.88. The number of nitrogens with zero attached hydrogens (tertiary/aromatic N) is 2. The Morgan fingerprint density at radius 2 is 0.750 bits per heavy atom. The first-order valence-corrected chi connectivity index (χ1v) is 15.8. The fourth-order valence-corrected chi connectivity index (χ4v) is 3.37. The van der Waals surface area contributed by atoms with E-state index in [1.54, 1.807) is 14.2 Å². The zero-order chi connectivity index (χ0) is 34.9. The lowest BCUT2D eigenvalue weighted by molar-refractivity contribution is -0.123. The topological polar surface area (TPSA) is 216 Å². The minimum Gasteiger partial charge on any atom is -0.382 e. The highest BCUT2D eigenvalue weighted by molar-refractivity contribution is 5.94. The van der Waals surface area contributed by atoms with Crippen LogP contribution in [0, 0.1) is 0 Å². The molecule has 18 heteroatoms. The number of carbonyl (C=O) groups is 4. The summed E-state index contributed by atoms with van der Waals surface area (Å²) in [4.78, 5) is 56.3. The maximum absolute atomic E-state index is 12.3. The van der Waals surface area contributed by atoms with E-state index >= 15 is 0 Å². The van der Waals surface area contributed by atoms with Crippen LogP contribution in [0.1, 0.15) is 33.8 Å². The molecule has 0 aliphatic heterocycles. The molecule has 0 unspecified atom stereocenters. The molecule has 1 aromatic rings. The monoisotopic (exact) mass is 688 g/mol. The van der Waals surface area contributed by atoms with Gasteiger partial charge in [0.15, 0.2) is 0 Å². The van der Waals surface area contributed by atoms with Gasteiger partial charge < -0.3 is 59.2 Å². The summed E-state index contributed by atoms with van der Waals surface area (Å²) < 4.78 is 41.7. The number of amides is 4. The normalized spacial score (nSPS) is 10.9. The van der Waals surface area contributed by atoms with Gasteiger partial charge in [-0.1, -0.05) is 0 Å². The van der Waals surface area contributed by atoms with Crippen LogP contribution in [0.4, 0.5) is 0 Å².